The van der Waals surface area contributed by atoms with Gasteiger partial charge in [0.1, 0.15) is 5.52 Å². The molecule has 4 heteroatoms. The molecule has 2 aromatic rings. The molecule has 20 heavy (non-hydrogen) atoms. The minimum absolute atomic E-state index is 0.618. The number of aromatic nitrogens is 2. The highest BCUT2D eigenvalue weighted by atomic mass is 79.9. The van der Waals surface area contributed by atoms with E-state index in [1.807, 2.05) is 18.5 Å². The number of hydrogen-bond donors (Lipinski definition) is 0. The van der Waals surface area contributed by atoms with Crippen LogP contribution >= 0.6 is 15.9 Å². The lowest BCUT2D eigenvalue weighted by molar-refractivity contribution is 0.553. The molecule has 2 heterocycles. The number of anilines is 1. The average molecular weight is 336 g/mol. The molecule has 0 fully saturated rings. The van der Waals surface area contributed by atoms with Crippen molar-refractivity contribution in [3.05, 3.63) is 29.0 Å². The zero-order valence-corrected chi connectivity index (χ0v) is 14.2. The van der Waals surface area contributed by atoms with Gasteiger partial charge >= 0.3 is 0 Å². The summed E-state index contributed by atoms with van der Waals surface area (Å²) in [5, 5.41) is 0. The highest BCUT2D eigenvalue weighted by molar-refractivity contribution is 9.10. The molecule has 0 saturated heterocycles. The van der Waals surface area contributed by atoms with Gasteiger partial charge in [0.25, 0.3) is 0 Å². The van der Waals surface area contributed by atoms with Gasteiger partial charge in [0.2, 0.25) is 0 Å². The predicted octanol–water partition coefficient (Wildman–Crippen LogP) is 4.51. The Hall–Kier alpha value is -1.16. The Morgan fingerprint density at radius 2 is 1.75 bits per heavy atom. The van der Waals surface area contributed by atoms with Crippen LogP contribution in [0.25, 0.3) is 11.0 Å². The molecular formula is C16H22BrN3. The Bertz CT molecular complexity index is 571. The lowest BCUT2D eigenvalue weighted by Crippen LogP contribution is -2.31. The second-order valence-electron chi connectivity index (χ2n) is 6.04. The zero-order chi connectivity index (χ0) is 14.7. The summed E-state index contributed by atoms with van der Waals surface area (Å²) in [4.78, 5) is 11.4. The molecule has 3 nitrogen and oxygen atoms in total. The van der Waals surface area contributed by atoms with Crippen molar-refractivity contribution in [3.8, 4) is 0 Å². The second kappa shape index (κ2) is 6.53. The highest BCUT2D eigenvalue weighted by Gasteiger charge is 2.14. The molecule has 0 amide bonds. The maximum absolute atomic E-state index is 4.57. The standard InChI is InChI=1S/C16H22BrN3/c1-11(2)9-20(10-12(3)4)15-5-6-18-14-7-13(17)8-19-16(14)15/h5-8,11-12H,9-10H2,1-4H3. The molecule has 0 unspecified atom stereocenters. The Kier molecular flexibility index (Phi) is 4.97. The van der Waals surface area contributed by atoms with E-state index in [1.165, 1.54) is 5.69 Å². The average Bonchev–Trinajstić information content (AvgIpc) is 2.35. The minimum Gasteiger partial charge on any atom is -0.369 e. The molecule has 0 spiro atoms. The third kappa shape index (κ3) is 3.69. The monoisotopic (exact) mass is 335 g/mol. The first-order chi connectivity index (χ1) is 9.47. The molecule has 0 atom stereocenters. The van der Waals surface area contributed by atoms with Gasteiger partial charge in [-0.2, -0.15) is 0 Å². The summed E-state index contributed by atoms with van der Waals surface area (Å²) in [6.07, 6.45) is 3.72. The first kappa shape index (κ1) is 15.2. The molecule has 0 aliphatic heterocycles. The Morgan fingerprint density at radius 1 is 1.10 bits per heavy atom. The summed E-state index contributed by atoms with van der Waals surface area (Å²) in [7, 11) is 0. The lowest BCUT2D eigenvalue weighted by atomic mass is 10.1. The van der Waals surface area contributed by atoms with E-state index in [1.54, 1.807) is 0 Å². The van der Waals surface area contributed by atoms with Crippen LogP contribution < -0.4 is 4.90 Å². The molecule has 0 aromatic carbocycles. The maximum atomic E-state index is 4.57. The van der Waals surface area contributed by atoms with Crippen LogP contribution in [0.15, 0.2) is 29.0 Å². The van der Waals surface area contributed by atoms with Crippen LogP contribution in [0.5, 0.6) is 0 Å². The normalized spacial score (nSPS) is 11.6. The molecule has 0 aliphatic carbocycles. The molecule has 0 radical (unpaired) electrons. The van der Waals surface area contributed by atoms with Crippen molar-refractivity contribution in [2.24, 2.45) is 11.8 Å². The third-order valence-corrected chi connectivity index (χ3v) is 3.47. The summed E-state index contributed by atoms with van der Waals surface area (Å²) < 4.78 is 0.967. The number of halogens is 1. The Morgan fingerprint density at radius 3 is 2.35 bits per heavy atom. The van der Waals surface area contributed by atoms with Crippen molar-refractivity contribution >= 4 is 32.7 Å². The molecule has 2 rings (SSSR count). The van der Waals surface area contributed by atoms with E-state index in [0.29, 0.717) is 11.8 Å². The Balaban J connectivity index is 2.46. The first-order valence-corrected chi connectivity index (χ1v) is 7.92. The van der Waals surface area contributed by atoms with E-state index in [4.69, 9.17) is 0 Å². The summed E-state index contributed by atoms with van der Waals surface area (Å²) in [6, 6.07) is 4.10. The van der Waals surface area contributed by atoms with Crippen molar-refractivity contribution in [3.63, 3.8) is 0 Å². The van der Waals surface area contributed by atoms with E-state index in [0.717, 1.165) is 28.6 Å². The molecule has 0 saturated carbocycles. The molecular weight excluding hydrogens is 314 g/mol. The lowest BCUT2D eigenvalue weighted by Gasteiger charge is -2.29. The van der Waals surface area contributed by atoms with Gasteiger partial charge in [0.05, 0.1) is 11.2 Å². The van der Waals surface area contributed by atoms with Gasteiger partial charge in [-0.05, 0) is 39.9 Å². The quantitative estimate of drug-likeness (QED) is 0.804. The fraction of sp³-hybridized carbons (Fsp3) is 0.500. The van der Waals surface area contributed by atoms with Gasteiger partial charge < -0.3 is 4.90 Å². The molecule has 108 valence electrons. The van der Waals surface area contributed by atoms with Gasteiger partial charge in [0, 0.05) is 30.0 Å². The van der Waals surface area contributed by atoms with E-state index in [2.05, 4.69) is 64.6 Å². The summed E-state index contributed by atoms with van der Waals surface area (Å²) in [5.41, 5.74) is 3.11. The van der Waals surface area contributed by atoms with Crippen LogP contribution in [0.2, 0.25) is 0 Å². The van der Waals surface area contributed by atoms with Crippen LogP contribution in [0.3, 0.4) is 0 Å². The number of rotatable bonds is 5. The van der Waals surface area contributed by atoms with Gasteiger partial charge in [-0.15, -0.1) is 0 Å². The highest BCUT2D eigenvalue weighted by Crippen LogP contribution is 2.26. The van der Waals surface area contributed by atoms with E-state index >= 15 is 0 Å². The summed E-state index contributed by atoms with van der Waals surface area (Å²) in [5.74, 6) is 1.24. The number of pyridine rings is 2. The minimum atomic E-state index is 0.618. The molecule has 0 bridgehead atoms. The van der Waals surface area contributed by atoms with Gasteiger partial charge in [-0.25, -0.2) is 0 Å². The molecule has 2 aromatic heterocycles. The predicted molar refractivity (Wildman–Crippen MR) is 89.1 cm³/mol. The van der Waals surface area contributed by atoms with Gasteiger partial charge in [0.15, 0.2) is 0 Å². The number of nitrogens with zero attached hydrogens (tertiary/aromatic N) is 3. The van der Waals surface area contributed by atoms with Crippen LogP contribution in [0.1, 0.15) is 27.7 Å². The molecule has 0 N–H and O–H groups in total. The number of hydrogen-bond acceptors (Lipinski definition) is 3. The van der Waals surface area contributed by atoms with Crippen molar-refractivity contribution in [2.75, 3.05) is 18.0 Å². The Labute approximate surface area is 129 Å². The van der Waals surface area contributed by atoms with Crippen molar-refractivity contribution in [1.29, 1.82) is 0 Å². The number of fused-ring (bicyclic) bond motifs is 1. The van der Waals surface area contributed by atoms with Crippen molar-refractivity contribution in [1.82, 2.24) is 9.97 Å². The topological polar surface area (TPSA) is 29.0 Å². The van der Waals surface area contributed by atoms with Crippen LogP contribution in [-0.2, 0) is 0 Å². The smallest absolute Gasteiger partial charge is 0.112 e. The third-order valence-electron chi connectivity index (χ3n) is 3.03. The van der Waals surface area contributed by atoms with Crippen LogP contribution in [0, 0.1) is 11.8 Å². The van der Waals surface area contributed by atoms with Gasteiger partial charge in [-0.1, -0.05) is 27.7 Å². The first-order valence-electron chi connectivity index (χ1n) is 7.12. The van der Waals surface area contributed by atoms with Crippen molar-refractivity contribution in [2.45, 2.75) is 27.7 Å². The van der Waals surface area contributed by atoms with E-state index in [-0.39, 0.29) is 0 Å². The van der Waals surface area contributed by atoms with Crippen LogP contribution in [0.4, 0.5) is 5.69 Å². The van der Waals surface area contributed by atoms with E-state index < -0.39 is 0 Å². The largest absolute Gasteiger partial charge is 0.369 e. The molecule has 0 aliphatic rings. The van der Waals surface area contributed by atoms with Crippen LogP contribution in [-0.4, -0.2) is 23.1 Å². The van der Waals surface area contributed by atoms with E-state index in [9.17, 15) is 0 Å². The fourth-order valence-electron chi connectivity index (χ4n) is 2.40. The fourth-order valence-corrected chi connectivity index (χ4v) is 2.72. The summed E-state index contributed by atoms with van der Waals surface area (Å²) >= 11 is 3.46. The SMILES string of the molecule is CC(C)CN(CC(C)C)c1ccnc2cc(Br)cnc12. The zero-order valence-electron chi connectivity index (χ0n) is 12.6. The van der Waals surface area contributed by atoms with Crippen molar-refractivity contribution < 1.29 is 0 Å². The maximum Gasteiger partial charge on any atom is 0.112 e. The second-order valence-corrected chi connectivity index (χ2v) is 6.96. The van der Waals surface area contributed by atoms with Gasteiger partial charge in [-0.3, -0.25) is 9.97 Å². The summed E-state index contributed by atoms with van der Waals surface area (Å²) in [6.45, 7) is 11.1.